The number of nitro benzene ring substituents is 1. The van der Waals surface area contributed by atoms with E-state index in [1.165, 1.54) is 6.07 Å². The third-order valence-corrected chi connectivity index (χ3v) is 2.37. The van der Waals surface area contributed by atoms with E-state index in [-0.39, 0.29) is 11.6 Å². The Balaban J connectivity index is 2.00. The van der Waals surface area contributed by atoms with Gasteiger partial charge in [-0.1, -0.05) is 5.16 Å². The number of rotatable bonds is 5. The summed E-state index contributed by atoms with van der Waals surface area (Å²) < 4.78 is 22.8. The molecule has 2 aromatic rings. The number of aromatic nitrogens is 1. The lowest BCUT2D eigenvalue weighted by Gasteiger charge is -2.06. The normalized spacial score (nSPS) is 10.2. The van der Waals surface area contributed by atoms with Crippen molar-refractivity contribution in [2.45, 2.75) is 6.92 Å². The molecule has 0 aliphatic heterocycles. The second kappa shape index (κ2) is 5.99. The number of hydrogen-bond acceptors (Lipinski definition) is 6. The fraction of sp³-hybridized carbons (Fsp3) is 0.167. The zero-order valence-electron chi connectivity index (χ0n) is 10.8. The summed E-state index contributed by atoms with van der Waals surface area (Å²) in [5.41, 5.74) is -0.429. The molecule has 0 radical (unpaired) electrons. The molecule has 1 aromatic heterocycles. The molecule has 0 bridgehead atoms. The molecule has 0 saturated heterocycles. The van der Waals surface area contributed by atoms with Crippen LogP contribution in [0.15, 0.2) is 28.8 Å². The molecule has 110 valence electrons. The van der Waals surface area contributed by atoms with Crippen LogP contribution in [0.1, 0.15) is 5.76 Å². The van der Waals surface area contributed by atoms with Crippen molar-refractivity contribution in [3.8, 4) is 5.75 Å². The standard InChI is InChI=1S/C12H10FN3O5/c1-7-4-11(15-21-7)14-12(17)6-20-10-5-8(13)2-3-9(10)16(18)19/h2-5H,6H2,1H3,(H,14,15,17). The first-order valence-corrected chi connectivity index (χ1v) is 5.75. The summed E-state index contributed by atoms with van der Waals surface area (Å²) >= 11 is 0. The molecule has 9 heteroatoms. The molecule has 0 saturated carbocycles. The second-order valence-electron chi connectivity index (χ2n) is 4.03. The number of benzene rings is 1. The van der Waals surface area contributed by atoms with Crippen molar-refractivity contribution in [3.05, 3.63) is 46.0 Å². The molecule has 0 aliphatic rings. The summed E-state index contributed by atoms with van der Waals surface area (Å²) in [5.74, 6) is -0.946. The summed E-state index contributed by atoms with van der Waals surface area (Å²) in [7, 11) is 0. The average Bonchev–Trinajstić information content (AvgIpc) is 2.81. The van der Waals surface area contributed by atoms with Crippen molar-refractivity contribution in [1.29, 1.82) is 0 Å². The minimum absolute atomic E-state index is 0.190. The van der Waals surface area contributed by atoms with E-state index >= 15 is 0 Å². The Morgan fingerprint density at radius 3 is 2.90 bits per heavy atom. The highest BCUT2D eigenvalue weighted by atomic mass is 19.1. The van der Waals surface area contributed by atoms with E-state index in [1.54, 1.807) is 6.92 Å². The maximum Gasteiger partial charge on any atom is 0.311 e. The Labute approximate surface area is 117 Å². The lowest BCUT2D eigenvalue weighted by molar-refractivity contribution is -0.385. The van der Waals surface area contributed by atoms with Crippen LogP contribution in [-0.4, -0.2) is 22.6 Å². The lowest BCUT2D eigenvalue weighted by Crippen LogP contribution is -2.20. The van der Waals surface area contributed by atoms with Gasteiger partial charge in [-0.05, 0) is 13.0 Å². The molecule has 8 nitrogen and oxygen atoms in total. The smallest absolute Gasteiger partial charge is 0.311 e. The number of halogens is 1. The predicted octanol–water partition coefficient (Wildman–Crippen LogP) is 2.05. The van der Waals surface area contributed by atoms with E-state index in [0.29, 0.717) is 5.76 Å². The first kappa shape index (κ1) is 14.4. The van der Waals surface area contributed by atoms with Gasteiger partial charge in [0.25, 0.3) is 5.91 Å². The zero-order chi connectivity index (χ0) is 15.4. The summed E-state index contributed by atoms with van der Waals surface area (Å²) in [4.78, 5) is 21.6. The first-order chi connectivity index (χ1) is 9.95. The van der Waals surface area contributed by atoms with Crippen LogP contribution in [0.2, 0.25) is 0 Å². The molecule has 1 aromatic carbocycles. The van der Waals surface area contributed by atoms with E-state index in [4.69, 9.17) is 9.26 Å². The topological polar surface area (TPSA) is 108 Å². The van der Waals surface area contributed by atoms with Gasteiger partial charge in [-0.25, -0.2) is 4.39 Å². The third kappa shape index (κ3) is 3.75. The van der Waals surface area contributed by atoms with Gasteiger partial charge < -0.3 is 14.6 Å². The van der Waals surface area contributed by atoms with Gasteiger partial charge in [0, 0.05) is 18.2 Å². The Bertz CT molecular complexity index is 685. The van der Waals surface area contributed by atoms with Crippen molar-refractivity contribution >= 4 is 17.4 Å². The minimum Gasteiger partial charge on any atom is -0.477 e. The third-order valence-electron chi connectivity index (χ3n) is 2.37. The lowest BCUT2D eigenvalue weighted by atomic mass is 10.3. The molecule has 1 heterocycles. The second-order valence-corrected chi connectivity index (χ2v) is 4.03. The van der Waals surface area contributed by atoms with E-state index in [1.807, 2.05) is 0 Å². The SMILES string of the molecule is Cc1cc(NC(=O)COc2cc(F)ccc2[N+](=O)[O-])no1. The Morgan fingerprint density at radius 1 is 1.52 bits per heavy atom. The van der Waals surface area contributed by atoms with Crippen LogP contribution in [0.4, 0.5) is 15.9 Å². The fourth-order valence-corrected chi connectivity index (χ4v) is 1.50. The molecule has 0 aliphatic carbocycles. The summed E-state index contributed by atoms with van der Waals surface area (Å²) in [5, 5.41) is 16.7. The van der Waals surface area contributed by atoms with Crippen molar-refractivity contribution < 1.29 is 23.4 Å². The number of ether oxygens (including phenoxy) is 1. The molecule has 0 spiro atoms. The zero-order valence-corrected chi connectivity index (χ0v) is 10.8. The molecule has 0 unspecified atom stereocenters. The molecule has 2 rings (SSSR count). The monoisotopic (exact) mass is 295 g/mol. The van der Waals surface area contributed by atoms with Crippen LogP contribution in [-0.2, 0) is 4.79 Å². The van der Waals surface area contributed by atoms with Gasteiger partial charge in [0.2, 0.25) is 5.75 Å². The molecule has 1 amide bonds. The van der Waals surface area contributed by atoms with Gasteiger partial charge >= 0.3 is 5.69 Å². The molecule has 21 heavy (non-hydrogen) atoms. The van der Waals surface area contributed by atoms with E-state index in [2.05, 4.69) is 10.5 Å². The Hall–Kier alpha value is -2.97. The Morgan fingerprint density at radius 2 is 2.29 bits per heavy atom. The highest BCUT2D eigenvalue weighted by Crippen LogP contribution is 2.27. The van der Waals surface area contributed by atoms with Crippen molar-refractivity contribution in [1.82, 2.24) is 5.16 Å². The molecule has 1 N–H and O–H groups in total. The van der Waals surface area contributed by atoms with Crippen LogP contribution in [0, 0.1) is 22.9 Å². The number of carbonyl (C=O) groups is 1. The van der Waals surface area contributed by atoms with Gasteiger partial charge in [0.1, 0.15) is 11.6 Å². The average molecular weight is 295 g/mol. The number of aryl methyl sites for hydroxylation is 1. The van der Waals surface area contributed by atoms with Crippen molar-refractivity contribution in [2.75, 3.05) is 11.9 Å². The largest absolute Gasteiger partial charge is 0.477 e. The maximum atomic E-state index is 13.1. The van der Waals surface area contributed by atoms with Gasteiger partial charge in [0.15, 0.2) is 12.4 Å². The van der Waals surface area contributed by atoms with E-state index in [9.17, 15) is 19.3 Å². The van der Waals surface area contributed by atoms with Gasteiger partial charge in [-0.2, -0.15) is 0 Å². The number of nitrogens with zero attached hydrogens (tertiary/aromatic N) is 2. The quantitative estimate of drug-likeness (QED) is 0.668. The van der Waals surface area contributed by atoms with Crippen molar-refractivity contribution in [2.24, 2.45) is 0 Å². The van der Waals surface area contributed by atoms with Crippen LogP contribution in [0.5, 0.6) is 5.75 Å². The number of anilines is 1. The minimum atomic E-state index is -0.729. The highest BCUT2D eigenvalue weighted by molar-refractivity contribution is 5.90. The molecule has 0 atom stereocenters. The van der Waals surface area contributed by atoms with Gasteiger partial charge in [0.05, 0.1) is 4.92 Å². The van der Waals surface area contributed by atoms with Crippen molar-refractivity contribution in [3.63, 3.8) is 0 Å². The van der Waals surface area contributed by atoms with Gasteiger partial charge in [-0.3, -0.25) is 14.9 Å². The fourth-order valence-electron chi connectivity index (χ4n) is 1.50. The van der Waals surface area contributed by atoms with Gasteiger partial charge in [-0.15, -0.1) is 0 Å². The van der Waals surface area contributed by atoms with Crippen LogP contribution in [0.25, 0.3) is 0 Å². The summed E-state index contributed by atoms with van der Waals surface area (Å²) in [6.45, 7) is 1.12. The van der Waals surface area contributed by atoms with E-state index < -0.39 is 28.9 Å². The predicted molar refractivity (Wildman–Crippen MR) is 68.4 cm³/mol. The number of carbonyl (C=O) groups excluding carboxylic acids is 1. The van der Waals surface area contributed by atoms with Crippen LogP contribution < -0.4 is 10.1 Å². The maximum absolute atomic E-state index is 13.1. The summed E-state index contributed by atoms with van der Waals surface area (Å²) in [6, 6.07) is 4.22. The summed E-state index contributed by atoms with van der Waals surface area (Å²) in [6.07, 6.45) is 0. The van der Waals surface area contributed by atoms with Crippen LogP contribution >= 0.6 is 0 Å². The number of nitro groups is 1. The van der Waals surface area contributed by atoms with Crippen LogP contribution in [0.3, 0.4) is 0 Å². The number of nitrogens with one attached hydrogen (secondary N) is 1. The Kier molecular flexibility index (Phi) is 4.12. The first-order valence-electron chi connectivity index (χ1n) is 5.75. The molecule has 0 fully saturated rings. The number of amides is 1. The number of hydrogen-bond donors (Lipinski definition) is 1. The molecular weight excluding hydrogens is 285 g/mol. The molecular formula is C12H10FN3O5. The van der Waals surface area contributed by atoms with E-state index in [0.717, 1.165) is 18.2 Å². The highest BCUT2D eigenvalue weighted by Gasteiger charge is 2.17.